The molecule has 0 radical (unpaired) electrons. The second-order valence-electron chi connectivity index (χ2n) is 6.81. The van der Waals surface area contributed by atoms with E-state index in [1.165, 1.54) is 4.31 Å². The highest BCUT2D eigenvalue weighted by Gasteiger charge is 2.34. The second kappa shape index (κ2) is 10.1. The number of rotatable bonds is 7. The average Bonchev–Trinajstić information content (AvgIpc) is 2.72. The minimum Gasteiger partial charge on any atom is -0.481 e. The Morgan fingerprint density at radius 2 is 1.86 bits per heavy atom. The number of unbranched alkanes of at least 4 members (excludes halogenated alkanes) is 2. The zero-order valence-electron chi connectivity index (χ0n) is 16.0. The number of hydrogen-bond acceptors (Lipinski definition) is 4. The maximum Gasteiger partial charge on any atom is 0.303 e. The van der Waals surface area contributed by atoms with Gasteiger partial charge in [-0.25, -0.2) is 8.42 Å². The standard InChI is InChI=1S/C20H23IN2O4S.ClH/c1-23-17-8-5-4-7-15(17)20(22-12-6-2-3-9-19(24)25)16-11-10-14(21)13-18(16)28(23,26)27;/h4-5,7-8,10-11,13,20,22H,2-3,6,9,12H2,1H3,(H,24,25);1H. The van der Waals surface area contributed by atoms with Crippen LogP contribution in [0.3, 0.4) is 0 Å². The Kier molecular flexibility index (Phi) is 8.33. The van der Waals surface area contributed by atoms with Crippen molar-refractivity contribution in [3.05, 3.63) is 57.2 Å². The van der Waals surface area contributed by atoms with E-state index in [0.717, 1.165) is 27.5 Å². The number of aliphatic carboxylic acids is 1. The number of nitrogens with zero attached hydrogens (tertiary/aromatic N) is 1. The summed E-state index contributed by atoms with van der Waals surface area (Å²) in [6.07, 6.45) is 2.46. The molecule has 2 N–H and O–H groups in total. The number of halogens is 2. The first-order chi connectivity index (χ1) is 13.3. The molecule has 1 atom stereocenters. The van der Waals surface area contributed by atoms with Crippen molar-refractivity contribution < 1.29 is 18.3 Å². The van der Waals surface area contributed by atoms with Crippen molar-refractivity contribution >= 4 is 56.7 Å². The molecule has 1 heterocycles. The second-order valence-corrected chi connectivity index (χ2v) is 9.99. The molecule has 0 saturated heterocycles. The number of carboxylic acids is 1. The van der Waals surface area contributed by atoms with Crippen LogP contribution in [0.2, 0.25) is 0 Å². The van der Waals surface area contributed by atoms with E-state index in [1.54, 1.807) is 13.1 Å². The van der Waals surface area contributed by atoms with E-state index in [2.05, 4.69) is 27.9 Å². The molecule has 0 aromatic heterocycles. The summed E-state index contributed by atoms with van der Waals surface area (Å²) in [7, 11) is -2.06. The zero-order valence-corrected chi connectivity index (χ0v) is 19.8. The highest BCUT2D eigenvalue weighted by Crippen LogP contribution is 2.40. The number of fused-ring (bicyclic) bond motifs is 2. The van der Waals surface area contributed by atoms with Crippen LogP contribution in [-0.4, -0.2) is 33.1 Å². The molecule has 1 unspecified atom stereocenters. The van der Waals surface area contributed by atoms with Crippen molar-refractivity contribution in [2.24, 2.45) is 0 Å². The van der Waals surface area contributed by atoms with Gasteiger partial charge < -0.3 is 10.4 Å². The topological polar surface area (TPSA) is 86.7 Å². The lowest BCUT2D eigenvalue weighted by Crippen LogP contribution is -2.26. The minimum absolute atomic E-state index is 0. The highest BCUT2D eigenvalue weighted by atomic mass is 127. The molecule has 3 rings (SSSR count). The highest BCUT2D eigenvalue weighted by molar-refractivity contribution is 14.1. The van der Waals surface area contributed by atoms with E-state index >= 15 is 0 Å². The predicted octanol–water partition coefficient (Wildman–Crippen LogP) is 4.18. The summed E-state index contributed by atoms with van der Waals surface area (Å²) in [4.78, 5) is 11.0. The van der Waals surface area contributed by atoms with E-state index in [1.807, 2.05) is 36.4 Å². The van der Waals surface area contributed by atoms with Gasteiger partial charge in [0.05, 0.1) is 16.6 Å². The summed E-state index contributed by atoms with van der Waals surface area (Å²) in [6.45, 7) is 0.674. The van der Waals surface area contributed by atoms with Crippen LogP contribution < -0.4 is 9.62 Å². The van der Waals surface area contributed by atoms with Crippen molar-refractivity contribution in [1.82, 2.24) is 5.32 Å². The number of sulfonamides is 1. The van der Waals surface area contributed by atoms with Gasteiger partial charge in [-0.2, -0.15) is 0 Å². The van der Waals surface area contributed by atoms with Crippen LogP contribution >= 0.6 is 35.0 Å². The quantitative estimate of drug-likeness (QED) is 0.399. The first-order valence-corrected chi connectivity index (χ1v) is 11.7. The molecule has 1 aliphatic heterocycles. The lowest BCUT2D eigenvalue weighted by Gasteiger charge is -2.22. The fourth-order valence-electron chi connectivity index (χ4n) is 3.48. The van der Waals surface area contributed by atoms with Crippen LogP contribution in [-0.2, 0) is 14.8 Å². The number of carbonyl (C=O) groups is 1. The molecule has 2 aromatic rings. The molecule has 0 saturated carbocycles. The van der Waals surface area contributed by atoms with Gasteiger partial charge >= 0.3 is 5.97 Å². The smallest absolute Gasteiger partial charge is 0.303 e. The first-order valence-electron chi connectivity index (χ1n) is 9.15. The van der Waals surface area contributed by atoms with Crippen molar-refractivity contribution in [3.8, 4) is 0 Å². The third kappa shape index (κ3) is 5.22. The van der Waals surface area contributed by atoms with E-state index in [4.69, 9.17) is 5.11 Å². The van der Waals surface area contributed by atoms with E-state index in [-0.39, 0.29) is 24.9 Å². The summed E-state index contributed by atoms with van der Waals surface area (Å²) in [5.41, 5.74) is 2.32. The van der Waals surface area contributed by atoms with Gasteiger partial charge in [-0.15, -0.1) is 12.4 Å². The Labute approximate surface area is 191 Å². The molecular formula is C20H24ClIN2O4S. The molecule has 6 nitrogen and oxygen atoms in total. The van der Waals surface area contributed by atoms with Crippen LogP contribution in [0.1, 0.15) is 42.9 Å². The Bertz CT molecular complexity index is 984. The number of para-hydroxylation sites is 1. The minimum atomic E-state index is -3.65. The zero-order chi connectivity index (χ0) is 20.3. The lowest BCUT2D eigenvalue weighted by atomic mass is 9.96. The Hall–Kier alpha value is -1.36. The van der Waals surface area contributed by atoms with Gasteiger partial charge in [0.25, 0.3) is 10.0 Å². The van der Waals surface area contributed by atoms with E-state index < -0.39 is 16.0 Å². The number of anilines is 1. The van der Waals surface area contributed by atoms with Gasteiger partial charge in [0.15, 0.2) is 0 Å². The summed E-state index contributed by atoms with van der Waals surface area (Å²) >= 11 is 2.13. The molecule has 0 amide bonds. The summed E-state index contributed by atoms with van der Waals surface area (Å²) < 4.78 is 28.6. The first kappa shape index (κ1) is 23.9. The Morgan fingerprint density at radius 1 is 1.14 bits per heavy atom. The van der Waals surface area contributed by atoms with Crippen LogP contribution in [0.5, 0.6) is 0 Å². The number of nitrogens with one attached hydrogen (secondary N) is 1. The average molecular weight is 551 g/mol. The molecule has 0 aliphatic carbocycles. The largest absolute Gasteiger partial charge is 0.481 e. The summed E-state index contributed by atoms with van der Waals surface area (Å²) in [5, 5.41) is 12.2. The molecule has 29 heavy (non-hydrogen) atoms. The monoisotopic (exact) mass is 550 g/mol. The Balaban J connectivity index is 0.00000300. The molecule has 158 valence electrons. The van der Waals surface area contributed by atoms with Crippen molar-refractivity contribution in [1.29, 1.82) is 0 Å². The normalized spacial score (nSPS) is 16.9. The van der Waals surface area contributed by atoms with Crippen molar-refractivity contribution in [3.63, 3.8) is 0 Å². The number of carboxylic acid groups (broad SMARTS) is 1. The molecule has 0 fully saturated rings. The van der Waals surface area contributed by atoms with Crippen molar-refractivity contribution in [2.45, 2.75) is 36.6 Å². The fraction of sp³-hybridized carbons (Fsp3) is 0.350. The molecule has 0 spiro atoms. The molecule has 9 heteroatoms. The third-order valence-electron chi connectivity index (χ3n) is 4.93. The van der Waals surface area contributed by atoms with Gasteiger partial charge in [0.1, 0.15) is 0 Å². The van der Waals surface area contributed by atoms with Gasteiger partial charge in [0, 0.05) is 17.0 Å². The van der Waals surface area contributed by atoms with Gasteiger partial charge in [-0.05, 0) is 71.3 Å². The van der Waals surface area contributed by atoms with E-state index in [0.29, 0.717) is 23.5 Å². The number of hydrogen-bond donors (Lipinski definition) is 2. The molecule has 2 aromatic carbocycles. The maximum atomic E-state index is 13.2. The fourth-order valence-corrected chi connectivity index (χ4v) is 5.66. The molecule has 1 aliphatic rings. The van der Waals surface area contributed by atoms with Crippen LogP contribution in [0.15, 0.2) is 47.4 Å². The van der Waals surface area contributed by atoms with Crippen LogP contribution in [0.25, 0.3) is 0 Å². The summed E-state index contributed by atoms with van der Waals surface area (Å²) in [6, 6.07) is 12.8. The number of benzene rings is 2. The van der Waals surface area contributed by atoms with Gasteiger partial charge in [-0.3, -0.25) is 9.10 Å². The third-order valence-corrected chi connectivity index (χ3v) is 7.43. The molecule has 0 bridgehead atoms. The Morgan fingerprint density at radius 3 is 2.59 bits per heavy atom. The maximum absolute atomic E-state index is 13.2. The lowest BCUT2D eigenvalue weighted by molar-refractivity contribution is -0.137. The SMILES string of the molecule is CN1c2ccccc2C(NCCCCCC(=O)O)c2ccc(I)cc2S1(=O)=O.Cl. The molecular weight excluding hydrogens is 527 g/mol. The summed E-state index contributed by atoms with van der Waals surface area (Å²) in [5.74, 6) is -0.776. The van der Waals surface area contributed by atoms with Crippen LogP contribution in [0.4, 0.5) is 5.69 Å². The van der Waals surface area contributed by atoms with Gasteiger partial charge in [0.2, 0.25) is 0 Å². The van der Waals surface area contributed by atoms with E-state index in [9.17, 15) is 13.2 Å². The van der Waals surface area contributed by atoms with Crippen LogP contribution in [0, 0.1) is 3.57 Å². The predicted molar refractivity (Wildman–Crippen MR) is 124 cm³/mol. The van der Waals surface area contributed by atoms with Gasteiger partial charge in [-0.1, -0.05) is 30.7 Å². The van der Waals surface area contributed by atoms with Crippen molar-refractivity contribution in [2.75, 3.05) is 17.9 Å².